The van der Waals surface area contributed by atoms with Crippen LogP contribution in [0.2, 0.25) is 5.02 Å². The molecule has 3 nitrogen and oxygen atoms in total. The van der Waals surface area contributed by atoms with E-state index in [0.29, 0.717) is 35.9 Å². The Kier molecular flexibility index (Phi) is 7.93. The zero-order valence-electron chi connectivity index (χ0n) is 13.1. The minimum Gasteiger partial charge on any atom is -0.478 e. The summed E-state index contributed by atoms with van der Waals surface area (Å²) in [5.41, 5.74) is 0.855. The van der Waals surface area contributed by atoms with Crippen LogP contribution in [0.25, 0.3) is 0 Å². The Morgan fingerprint density at radius 1 is 1.20 bits per heavy atom. The summed E-state index contributed by atoms with van der Waals surface area (Å²) in [6.45, 7) is 11.1. The van der Waals surface area contributed by atoms with Crippen molar-refractivity contribution in [2.24, 2.45) is 11.8 Å². The molecule has 0 aromatic carbocycles. The zero-order chi connectivity index (χ0) is 15.0. The second-order valence-corrected chi connectivity index (χ2v) is 6.39. The molecule has 0 saturated carbocycles. The predicted octanol–water partition coefficient (Wildman–Crippen LogP) is 4.30. The highest BCUT2D eigenvalue weighted by molar-refractivity contribution is 6.31. The third kappa shape index (κ3) is 7.11. The number of hydrogen-bond acceptors (Lipinski definition) is 3. The van der Waals surface area contributed by atoms with Crippen LogP contribution in [-0.4, -0.2) is 18.1 Å². The van der Waals surface area contributed by atoms with E-state index in [-0.39, 0.29) is 0 Å². The van der Waals surface area contributed by atoms with Crippen LogP contribution in [0.3, 0.4) is 0 Å². The van der Waals surface area contributed by atoms with Gasteiger partial charge in [0.15, 0.2) is 0 Å². The lowest BCUT2D eigenvalue weighted by Gasteiger charge is -2.11. The van der Waals surface area contributed by atoms with Gasteiger partial charge in [-0.15, -0.1) is 0 Å². The Morgan fingerprint density at radius 3 is 2.60 bits per heavy atom. The highest BCUT2D eigenvalue weighted by Crippen LogP contribution is 2.18. The summed E-state index contributed by atoms with van der Waals surface area (Å²) in [5.74, 6) is 2.00. The fraction of sp³-hybridized carbons (Fsp3) is 0.688. The van der Waals surface area contributed by atoms with E-state index in [4.69, 9.17) is 16.3 Å². The van der Waals surface area contributed by atoms with Crippen molar-refractivity contribution in [3.63, 3.8) is 0 Å². The topological polar surface area (TPSA) is 34.1 Å². The first-order valence-corrected chi connectivity index (χ1v) is 7.85. The van der Waals surface area contributed by atoms with Gasteiger partial charge in [0.25, 0.3) is 0 Å². The summed E-state index contributed by atoms with van der Waals surface area (Å²) in [6.07, 6.45) is 2.24. The Hall–Kier alpha value is -0.800. The van der Waals surface area contributed by atoms with Gasteiger partial charge in [-0.25, -0.2) is 4.98 Å². The minimum atomic E-state index is 0.615. The summed E-state index contributed by atoms with van der Waals surface area (Å²) < 4.78 is 5.68. The summed E-state index contributed by atoms with van der Waals surface area (Å²) >= 11 is 6.16. The van der Waals surface area contributed by atoms with Crippen LogP contribution < -0.4 is 10.1 Å². The third-order valence-electron chi connectivity index (χ3n) is 2.91. The normalized spacial score (nSPS) is 11.3. The van der Waals surface area contributed by atoms with Gasteiger partial charge < -0.3 is 10.1 Å². The molecule has 0 aliphatic heterocycles. The number of ether oxygens (including phenoxy) is 1. The molecule has 114 valence electrons. The molecule has 20 heavy (non-hydrogen) atoms. The molecule has 1 heterocycles. The maximum Gasteiger partial charge on any atom is 0.213 e. The van der Waals surface area contributed by atoms with Gasteiger partial charge in [0.05, 0.1) is 17.3 Å². The van der Waals surface area contributed by atoms with E-state index >= 15 is 0 Å². The molecular formula is C16H27ClN2O. The fourth-order valence-electron chi connectivity index (χ4n) is 1.82. The molecule has 0 spiro atoms. The van der Waals surface area contributed by atoms with Gasteiger partial charge in [-0.1, -0.05) is 39.3 Å². The lowest BCUT2D eigenvalue weighted by Crippen LogP contribution is -2.20. The molecule has 0 aliphatic rings. The van der Waals surface area contributed by atoms with Gasteiger partial charge in [-0.05, 0) is 37.3 Å². The van der Waals surface area contributed by atoms with Crippen LogP contribution in [0.15, 0.2) is 12.1 Å². The van der Waals surface area contributed by atoms with E-state index in [0.717, 1.165) is 18.7 Å². The van der Waals surface area contributed by atoms with Crippen LogP contribution in [0.1, 0.15) is 46.2 Å². The fourth-order valence-corrected chi connectivity index (χ4v) is 1.99. The number of rotatable bonds is 9. The quantitative estimate of drug-likeness (QED) is 0.690. The monoisotopic (exact) mass is 298 g/mol. The molecule has 0 radical (unpaired) electrons. The van der Waals surface area contributed by atoms with Crippen LogP contribution in [0.5, 0.6) is 5.88 Å². The number of aromatic nitrogens is 1. The second kappa shape index (κ2) is 9.19. The van der Waals surface area contributed by atoms with Gasteiger partial charge in [-0.3, -0.25) is 0 Å². The van der Waals surface area contributed by atoms with Crippen molar-refractivity contribution in [3.05, 3.63) is 22.8 Å². The first-order chi connectivity index (χ1) is 9.49. The van der Waals surface area contributed by atoms with E-state index in [1.165, 1.54) is 6.42 Å². The Bertz CT molecular complexity index is 394. The first kappa shape index (κ1) is 17.3. The van der Waals surface area contributed by atoms with Crippen LogP contribution in [0.4, 0.5) is 0 Å². The lowest BCUT2D eigenvalue weighted by molar-refractivity contribution is 0.286. The zero-order valence-corrected chi connectivity index (χ0v) is 13.8. The Labute approximate surface area is 128 Å². The molecule has 1 N–H and O–H groups in total. The largest absolute Gasteiger partial charge is 0.478 e. The van der Waals surface area contributed by atoms with Gasteiger partial charge in [-0.2, -0.15) is 0 Å². The van der Waals surface area contributed by atoms with Crippen molar-refractivity contribution in [2.75, 3.05) is 13.2 Å². The predicted molar refractivity (Wildman–Crippen MR) is 85.4 cm³/mol. The van der Waals surface area contributed by atoms with Crippen LogP contribution in [-0.2, 0) is 6.54 Å². The van der Waals surface area contributed by atoms with E-state index < -0.39 is 0 Å². The number of halogens is 1. The van der Waals surface area contributed by atoms with Gasteiger partial charge >= 0.3 is 0 Å². The third-order valence-corrected chi connectivity index (χ3v) is 3.26. The van der Waals surface area contributed by atoms with Gasteiger partial charge in [0.1, 0.15) is 0 Å². The molecule has 1 aromatic rings. The smallest absolute Gasteiger partial charge is 0.213 e. The molecule has 0 saturated heterocycles. The summed E-state index contributed by atoms with van der Waals surface area (Å²) in [4.78, 5) is 4.47. The maximum absolute atomic E-state index is 6.16. The standard InChI is InChI=1S/C16H27ClN2O/c1-12(2)6-5-9-20-16-8-7-14(17)15(19-16)11-18-10-13(3)4/h7-8,12-13,18H,5-6,9-11H2,1-4H3. The average Bonchev–Trinajstić information content (AvgIpc) is 2.37. The SMILES string of the molecule is CC(C)CCCOc1ccc(Cl)c(CNCC(C)C)n1. The number of pyridine rings is 1. The second-order valence-electron chi connectivity index (χ2n) is 5.99. The van der Waals surface area contributed by atoms with E-state index in [2.05, 4.69) is 38.0 Å². The molecule has 0 amide bonds. The van der Waals surface area contributed by atoms with Crippen molar-refractivity contribution in [1.29, 1.82) is 0 Å². The van der Waals surface area contributed by atoms with Gasteiger partial charge in [0.2, 0.25) is 5.88 Å². The highest BCUT2D eigenvalue weighted by atomic mass is 35.5. The van der Waals surface area contributed by atoms with Crippen molar-refractivity contribution in [2.45, 2.75) is 47.1 Å². The van der Waals surface area contributed by atoms with Crippen LogP contribution in [0, 0.1) is 11.8 Å². The average molecular weight is 299 g/mol. The maximum atomic E-state index is 6.16. The van der Waals surface area contributed by atoms with Crippen LogP contribution >= 0.6 is 11.6 Å². The summed E-state index contributed by atoms with van der Waals surface area (Å²) in [6, 6.07) is 3.70. The molecule has 1 rings (SSSR count). The Morgan fingerprint density at radius 2 is 1.95 bits per heavy atom. The number of hydrogen-bond donors (Lipinski definition) is 1. The van der Waals surface area contributed by atoms with Crippen molar-refractivity contribution < 1.29 is 4.74 Å². The number of nitrogens with one attached hydrogen (secondary N) is 1. The summed E-state index contributed by atoms with van der Waals surface area (Å²) in [7, 11) is 0. The number of nitrogens with zero attached hydrogens (tertiary/aromatic N) is 1. The molecule has 4 heteroatoms. The lowest BCUT2D eigenvalue weighted by atomic mass is 10.1. The molecule has 1 aromatic heterocycles. The molecule has 0 atom stereocenters. The van der Waals surface area contributed by atoms with Crippen molar-refractivity contribution in [3.8, 4) is 5.88 Å². The van der Waals surface area contributed by atoms with E-state index in [1.54, 1.807) is 0 Å². The molecular weight excluding hydrogens is 272 g/mol. The highest BCUT2D eigenvalue weighted by Gasteiger charge is 2.05. The summed E-state index contributed by atoms with van der Waals surface area (Å²) in [5, 5.41) is 4.04. The molecule has 0 unspecified atom stereocenters. The van der Waals surface area contributed by atoms with Gasteiger partial charge in [0, 0.05) is 12.6 Å². The van der Waals surface area contributed by atoms with Crippen molar-refractivity contribution >= 4 is 11.6 Å². The molecule has 0 fully saturated rings. The van der Waals surface area contributed by atoms with E-state index in [9.17, 15) is 0 Å². The van der Waals surface area contributed by atoms with Crippen molar-refractivity contribution in [1.82, 2.24) is 10.3 Å². The molecule has 0 aliphatic carbocycles. The first-order valence-electron chi connectivity index (χ1n) is 7.48. The molecule has 0 bridgehead atoms. The van der Waals surface area contributed by atoms with E-state index in [1.807, 2.05) is 12.1 Å². The Balaban J connectivity index is 2.44. The minimum absolute atomic E-state index is 0.615.